The summed E-state index contributed by atoms with van der Waals surface area (Å²) >= 11 is 3.28. The zero-order valence-corrected chi connectivity index (χ0v) is 11.2. The standard InChI is InChI=1S/C10H13BrO3S/c1-7(2)14-10-5-4-8(6-9(10)11)15(3,12)13/h4-7H,1-3H3. The molecule has 3 nitrogen and oxygen atoms in total. The lowest BCUT2D eigenvalue weighted by molar-refractivity contribution is 0.240. The van der Waals surface area contributed by atoms with Gasteiger partial charge in [0.05, 0.1) is 15.5 Å². The maximum atomic E-state index is 11.3. The third-order valence-corrected chi connectivity index (χ3v) is 3.42. The lowest BCUT2D eigenvalue weighted by atomic mass is 10.3. The van der Waals surface area contributed by atoms with Crippen molar-refractivity contribution < 1.29 is 13.2 Å². The van der Waals surface area contributed by atoms with E-state index in [0.29, 0.717) is 10.2 Å². The predicted octanol–water partition coefficient (Wildman–Crippen LogP) is 2.64. The molecule has 0 N–H and O–H groups in total. The van der Waals surface area contributed by atoms with Crippen LogP contribution in [0.1, 0.15) is 13.8 Å². The summed E-state index contributed by atoms with van der Waals surface area (Å²) in [5.74, 6) is 0.650. The Kier molecular flexibility index (Phi) is 3.78. The minimum absolute atomic E-state index is 0.0605. The number of rotatable bonds is 3. The highest BCUT2D eigenvalue weighted by molar-refractivity contribution is 9.10. The Morgan fingerprint density at radius 3 is 2.33 bits per heavy atom. The summed E-state index contributed by atoms with van der Waals surface area (Å²) in [6, 6.07) is 4.74. The first-order valence-electron chi connectivity index (χ1n) is 4.47. The molecule has 0 heterocycles. The minimum Gasteiger partial charge on any atom is -0.490 e. The monoisotopic (exact) mass is 292 g/mol. The van der Waals surface area contributed by atoms with Crippen LogP contribution in [-0.4, -0.2) is 20.8 Å². The van der Waals surface area contributed by atoms with Gasteiger partial charge in [0.25, 0.3) is 0 Å². The first-order valence-corrected chi connectivity index (χ1v) is 7.15. The molecule has 0 aliphatic heterocycles. The molecule has 1 aromatic rings. The molecule has 0 fully saturated rings. The van der Waals surface area contributed by atoms with Crippen molar-refractivity contribution in [1.82, 2.24) is 0 Å². The average molecular weight is 293 g/mol. The fourth-order valence-corrected chi connectivity index (χ4v) is 2.33. The van der Waals surface area contributed by atoms with Crippen molar-refractivity contribution in [2.75, 3.05) is 6.26 Å². The van der Waals surface area contributed by atoms with E-state index in [1.54, 1.807) is 12.1 Å². The topological polar surface area (TPSA) is 43.4 Å². The van der Waals surface area contributed by atoms with Crippen LogP contribution >= 0.6 is 15.9 Å². The molecule has 84 valence electrons. The zero-order chi connectivity index (χ0) is 11.6. The van der Waals surface area contributed by atoms with Gasteiger partial charge in [0.2, 0.25) is 0 Å². The molecule has 5 heteroatoms. The summed E-state index contributed by atoms with van der Waals surface area (Å²) in [6.07, 6.45) is 1.24. The highest BCUT2D eigenvalue weighted by atomic mass is 79.9. The maximum Gasteiger partial charge on any atom is 0.175 e. The number of hydrogen-bond acceptors (Lipinski definition) is 3. The quantitative estimate of drug-likeness (QED) is 0.860. The Morgan fingerprint density at radius 1 is 1.33 bits per heavy atom. The SMILES string of the molecule is CC(C)Oc1ccc(S(C)(=O)=O)cc1Br. The molecule has 0 unspecified atom stereocenters. The fraction of sp³-hybridized carbons (Fsp3) is 0.400. The first-order chi connectivity index (χ1) is 6.80. The highest BCUT2D eigenvalue weighted by Crippen LogP contribution is 2.28. The highest BCUT2D eigenvalue weighted by Gasteiger charge is 2.10. The molecule has 1 aromatic carbocycles. The van der Waals surface area contributed by atoms with Crippen molar-refractivity contribution in [3.8, 4) is 5.75 Å². The minimum atomic E-state index is -3.16. The Labute approximate surface area is 98.5 Å². The van der Waals surface area contributed by atoms with Crippen LogP contribution in [0.15, 0.2) is 27.6 Å². The maximum absolute atomic E-state index is 11.3. The van der Waals surface area contributed by atoms with Crippen molar-refractivity contribution in [3.05, 3.63) is 22.7 Å². The number of benzene rings is 1. The van der Waals surface area contributed by atoms with E-state index < -0.39 is 9.84 Å². The smallest absolute Gasteiger partial charge is 0.175 e. The molecule has 0 saturated heterocycles. The van der Waals surface area contributed by atoms with Crippen molar-refractivity contribution in [3.63, 3.8) is 0 Å². The summed E-state index contributed by atoms with van der Waals surface area (Å²) in [4.78, 5) is 0.283. The van der Waals surface area contributed by atoms with Gasteiger partial charge in [0, 0.05) is 6.26 Å². The number of halogens is 1. The van der Waals surface area contributed by atoms with E-state index in [1.807, 2.05) is 13.8 Å². The Morgan fingerprint density at radius 2 is 1.93 bits per heavy atom. The van der Waals surface area contributed by atoms with Crippen LogP contribution < -0.4 is 4.74 Å². The summed E-state index contributed by atoms with van der Waals surface area (Å²) < 4.78 is 28.6. The van der Waals surface area contributed by atoms with Crippen LogP contribution in [0.25, 0.3) is 0 Å². The molecule has 0 aliphatic carbocycles. The second kappa shape index (κ2) is 4.53. The van der Waals surface area contributed by atoms with Gasteiger partial charge in [-0.25, -0.2) is 8.42 Å². The molecule has 0 saturated carbocycles. The second-order valence-corrected chi connectivity index (χ2v) is 6.40. The molecule has 0 amide bonds. The zero-order valence-electron chi connectivity index (χ0n) is 8.82. The van der Waals surface area contributed by atoms with Gasteiger partial charge < -0.3 is 4.74 Å². The average Bonchev–Trinajstić information content (AvgIpc) is 2.05. The molecule has 1 rings (SSSR count). The molecule has 0 spiro atoms. The molecular formula is C10H13BrO3S. The van der Waals surface area contributed by atoms with E-state index in [-0.39, 0.29) is 11.0 Å². The van der Waals surface area contributed by atoms with Gasteiger partial charge in [-0.15, -0.1) is 0 Å². The second-order valence-electron chi connectivity index (χ2n) is 3.53. The summed E-state index contributed by atoms with van der Waals surface area (Å²) in [7, 11) is -3.16. The van der Waals surface area contributed by atoms with E-state index in [2.05, 4.69) is 15.9 Å². The lowest BCUT2D eigenvalue weighted by Gasteiger charge is -2.11. The van der Waals surface area contributed by atoms with Crippen LogP contribution in [-0.2, 0) is 9.84 Å². The van der Waals surface area contributed by atoms with E-state index in [0.717, 1.165) is 0 Å². The van der Waals surface area contributed by atoms with Crippen LogP contribution in [0.4, 0.5) is 0 Å². The fourth-order valence-electron chi connectivity index (χ4n) is 1.06. The normalized spacial score (nSPS) is 11.8. The van der Waals surface area contributed by atoms with Gasteiger partial charge in [0.1, 0.15) is 5.75 Å². The largest absolute Gasteiger partial charge is 0.490 e. The van der Waals surface area contributed by atoms with Crippen molar-refractivity contribution in [1.29, 1.82) is 0 Å². The summed E-state index contributed by atoms with van der Waals surface area (Å²) in [5.41, 5.74) is 0. The lowest BCUT2D eigenvalue weighted by Crippen LogP contribution is -2.06. The van der Waals surface area contributed by atoms with Crippen LogP contribution in [0.2, 0.25) is 0 Å². The molecule has 0 aromatic heterocycles. The number of ether oxygens (including phenoxy) is 1. The van der Waals surface area contributed by atoms with Crippen molar-refractivity contribution >= 4 is 25.8 Å². The molecule has 15 heavy (non-hydrogen) atoms. The van der Waals surface area contributed by atoms with Gasteiger partial charge in [-0.1, -0.05) is 0 Å². The Hall–Kier alpha value is -0.550. The predicted molar refractivity (Wildman–Crippen MR) is 63.0 cm³/mol. The summed E-state index contributed by atoms with van der Waals surface area (Å²) in [5, 5.41) is 0. The first kappa shape index (κ1) is 12.5. The third-order valence-electron chi connectivity index (χ3n) is 1.69. The molecule has 0 atom stereocenters. The molecule has 0 aliphatic rings. The number of sulfone groups is 1. The van der Waals surface area contributed by atoms with Gasteiger partial charge in [-0.2, -0.15) is 0 Å². The summed E-state index contributed by atoms with van der Waals surface area (Å²) in [6.45, 7) is 3.83. The van der Waals surface area contributed by atoms with E-state index in [4.69, 9.17) is 4.74 Å². The van der Waals surface area contributed by atoms with E-state index in [9.17, 15) is 8.42 Å². The Bertz CT molecular complexity index is 452. The van der Waals surface area contributed by atoms with Crippen LogP contribution in [0.3, 0.4) is 0 Å². The van der Waals surface area contributed by atoms with Gasteiger partial charge in [0.15, 0.2) is 9.84 Å². The van der Waals surface area contributed by atoms with Gasteiger partial charge in [-0.05, 0) is 48.0 Å². The van der Waals surface area contributed by atoms with E-state index in [1.165, 1.54) is 12.3 Å². The molecule has 0 radical (unpaired) electrons. The van der Waals surface area contributed by atoms with Gasteiger partial charge in [-0.3, -0.25) is 0 Å². The third kappa shape index (κ3) is 3.50. The van der Waals surface area contributed by atoms with Crippen molar-refractivity contribution in [2.24, 2.45) is 0 Å². The molecule has 0 bridgehead atoms. The van der Waals surface area contributed by atoms with Crippen LogP contribution in [0, 0.1) is 0 Å². The Balaban J connectivity index is 3.09. The number of hydrogen-bond donors (Lipinski definition) is 0. The molecular weight excluding hydrogens is 280 g/mol. The van der Waals surface area contributed by atoms with Crippen molar-refractivity contribution in [2.45, 2.75) is 24.8 Å². The van der Waals surface area contributed by atoms with Gasteiger partial charge >= 0.3 is 0 Å². The van der Waals surface area contributed by atoms with Crippen LogP contribution in [0.5, 0.6) is 5.75 Å². The van der Waals surface area contributed by atoms with E-state index >= 15 is 0 Å².